The van der Waals surface area contributed by atoms with Gasteiger partial charge in [0, 0.05) is 5.57 Å². The van der Waals surface area contributed by atoms with Crippen LogP contribution in [0.15, 0.2) is 12.2 Å². The largest absolute Gasteiger partial charge is 0.456 e. The summed E-state index contributed by atoms with van der Waals surface area (Å²) in [6.45, 7) is 12.8. The Morgan fingerprint density at radius 2 is 1.89 bits per heavy atom. The third-order valence-corrected chi connectivity index (χ3v) is 3.90. The Hall–Kier alpha value is -0.830. The minimum Gasteiger partial charge on any atom is -0.456 e. The van der Waals surface area contributed by atoms with Crippen molar-refractivity contribution < 1.29 is 14.0 Å². The van der Waals surface area contributed by atoms with Gasteiger partial charge in [0.25, 0.3) is 0 Å². The Balaban J connectivity index is 2.40. The van der Waals surface area contributed by atoms with Gasteiger partial charge in [-0.25, -0.2) is 4.79 Å². The van der Waals surface area contributed by atoms with Gasteiger partial charge in [0.15, 0.2) is 0 Å². The van der Waals surface area contributed by atoms with Gasteiger partial charge in [0.1, 0.15) is 13.2 Å². The average molecular weight is 254 g/mol. The van der Waals surface area contributed by atoms with Crippen LogP contribution in [0.4, 0.5) is 0 Å². The summed E-state index contributed by atoms with van der Waals surface area (Å²) in [5.74, 6) is -0.249. The molecule has 1 heterocycles. The highest BCUT2D eigenvalue weighted by Gasteiger charge is 2.29. The highest BCUT2D eigenvalue weighted by molar-refractivity contribution is 5.86. The predicted octanol–water partition coefficient (Wildman–Crippen LogP) is 2.91. The average Bonchev–Trinajstić information content (AvgIpc) is 2.37. The molecule has 1 saturated heterocycles. The highest BCUT2D eigenvalue weighted by atomic mass is 16.5. The van der Waals surface area contributed by atoms with Crippen molar-refractivity contribution in [3.05, 3.63) is 12.2 Å². The molecule has 3 heteroatoms. The number of carbonyl (C=O) groups excluding carboxylic acids is 1. The van der Waals surface area contributed by atoms with Crippen molar-refractivity contribution in [3.63, 3.8) is 0 Å². The van der Waals surface area contributed by atoms with Crippen LogP contribution in [0.1, 0.15) is 46.0 Å². The van der Waals surface area contributed by atoms with E-state index in [1.807, 2.05) is 0 Å². The minimum atomic E-state index is -0.249. The van der Waals surface area contributed by atoms with Crippen LogP contribution in [-0.4, -0.2) is 43.2 Å². The van der Waals surface area contributed by atoms with E-state index < -0.39 is 0 Å². The molecule has 0 N–H and O–H groups in total. The number of esters is 1. The molecule has 0 aromatic carbocycles. The summed E-state index contributed by atoms with van der Waals surface area (Å²) in [4.78, 5) is 11.4. The number of likely N-dealkylation sites (tertiary alicyclic amines) is 1. The summed E-state index contributed by atoms with van der Waals surface area (Å²) in [5.41, 5.74) is 0.494. The van der Waals surface area contributed by atoms with Gasteiger partial charge in [-0.1, -0.05) is 19.9 Å². The lowest BCUT2D eigenvalue weighted by molar-refractivity contribution is -0.932. The fourth-order valence-electron chi connectivity index (χ4n) is 2.69. The maximum Gasteiger partial charge on any atom is 0.333 e. The van der Waals surface area contributed by atoms with Crippen molar-refractivity contribution in [1.82, 2.24) is 0 Å². The number of unbranched alkanes of at least 4 members (excludes halogenated alkanes) is 1. The first-order valence-electron chi connectivity index (χ1n) is 7.27. The van der Waals surface area contributed by atoms with Crippen molar-refractivity contribution in [2.75, 3.05) is 32.8 Å². The SMILES string of the molecule is C=C(C)C(=O)OCC[N+]1(CCCC)CCCCC1. The zero-order valence-electron chi connectivity index (χ0n) is 12.0. The number of piperidine rings is 1. The Morgan fingerprint density at radius 1 is 1.22 bits per heavy atom. The first kappa shape index (κ1) is 15.2. The van der Waals surface area contributed by atoms with Crippen molar-refractivity contribution in [1.29, 1.82) is 0 Å². The number of ether oxygens (including phenoxy) is 1. The van der Waals surface area contributed by atoms with E-state index >= 15 is 0 Å². The molecular formula is C15H28NO2+. The molecule has 0 atom stereocenters. The Labute approximate surface area is 111 Å². The van der Waals surface area contributed by atoms with Crippen LogP contribution < -0.4 is 0 Å². The normalized spacial score (nSPS) is 18.3. The van der Waals surface area contributed by atoms with E-state index in [-0.39, 0.29) is 5.97 Å². The molecule has 1 fully saturated rings. The molecule has 0 aliphatic carbocycles. The van der Waals surface area contributed by atoms with E-state index in [9.17, 15) is 4.79 Å². The molecule has 0 aromatic heterocycles. The van der Waals surface area contributed by atoms with Gasteiger partial charge >= 0.3 is 5.97 Å². The first-order chi connectivity index (χ1) is 8.59. The van der Waals surface area contributed by atoms with Crippen LogP contribution in [0.2, 0.25) is 0 Å². The fraction of sp³-hybridized carbons (Fsp3) is 0.800. The summed E-state index contributed by atoms with van der Waals surface area (Å²) in [7, 11) is 0. The second-order valence-corrected chi connectivity index (χ2v) is 5.57. The lowest BCUT2D eigenvalue weighted by atomic mass is 10.1. The van der Waals surface area contributed by atoms with E-state index in [1.165, 1.54) is 51.7 Å². The monoisotopic (exact) mass is 254 g/mol. The van der Waals surface area contributed by atoms with Gasteiger partial charge < -0.3 is 9.22 Å². The Bertz CT molecular complexity index is 280. The number of carbonyl (C=O) groups is 1. The van der Waals surface area contributed by atoms with Crippen molar-refractivity contribution in [3.8, 4) is 0 Å². The zero-order valence-corrected chi connectivity index (χ0v) is 12.0. The van der Waals surface area contributed by atoms with Gasteiger partial charge in [-0.2, -0.15) is 0 Å². The number of quaternary nitrogens is 1. The van der Waals surface area contributed by atoms with E-state index in [0.717, 1.165) is 11.0 Å². The summed E-state index contributed by atoms with van der Waals surface area (Å²) in [6.07, 6.45) is 6.51. The molecule has 1 aliphatic heterocycles. The Kier molecular flexibility index (Phi) is 6.41. The number of hydrogen-bond donors (Lipinski definition) is 0. The molecule has 0 saturated carbocycles. The molecule has 1 aliphatic rings. The third-order valence-electron chi connectivity index (χ3n) is 3.90. The van der Waals surface area contributed by atoms with Gasteiger partial charge in [-0.15, -0.1) is 0 Å². The van der Waals surface area contributed by atoms with Crippen molar-refractivity contribution in [2.24, 2.45) is 0 Å². The van der Waals surface area contributed by atoms with Crippen LogP contribution in [0.3, 0.4) is 0 Å². The third kappa shape index (κ3) is 4.81. The van der Waals surface area contributed by atoms with Crippen molar-refractivity contribution in [2.45, 2.75) is 46.0 Å². The summed E-state index contributed by atoms with van der Waals surface area (Å²) < 4.78 is 6.41. The molecular weight excluding hydrogens is 226 g/mol. The second-order valence-electron chi connectivity index (χ2n) is 5.57. The molecule has 0 aromatic rings. The molecule has 18 heavy (non-hydrogen) atoms. The summed E-state index contributed by atoms with van der Waals surface area (Å²) >= 11 is 0. The first-order valence-corrected chi connectivity index (χ1v) is 7.27. The van der Waals surface area contributed by atoms with Crippen LogP contribution in [0.5, 0.6) is 0 Å². The van der Waals surface area contributed by atoms with E-state index in [0.29, 0.717) is 12.2 Å². The smallest absolute Gasteiger partial charge is 0.333 e. The summed E-state index contributed by atoms with van der Waals surface area (Å²) in [5, 5.41) is 0. The Morgan fingerprint density at radius 3 is 2.44 bits per heavy atom. The van der Waals surface area contributed by atoms with Crippen molar-refractivity contribution >= 4 is 5.97 Å². The molecule has 3 nitrogen and oxygen atoms in total. The molecule has 0 unspecified atom stereocenters. The van der Waals surface area contributed by atoms with E-state index in [1.54, 1.807) is 6.92 Å². The van der Waals surface area contributed by atoms with E-state index in [2.05, 4.69) is 13.5 Å². The molecule has 0 bridgehead atoms. The number of nitrogens with zero attached hydrogens (tertiary/aromatic N) is 1. The molecule has 0 spiro atoms. The van der Waals surface area contributed by atoms with Crippen LogP contribution in [0.25, 0.3) is 0 Å². The quantitative estimate of drug-likeness (QED) is 0.397. The van der Waals surface area contributed by atoms with Crippen LogP contribution >= 0.6 is 0 Å². The maximum atomic E-state index is 11.4. The number of rotatable bonds is 7. The predicted molar refractivity (Wildman–Crippen MR) is 74.3 cm³/mol. The van der Waals surface area contributed by atoms with Gasteiger partial charge in [0.05, 0.1) is 19.6 Å². The number of hydrogen-bond acceptors (Lipinski definition) is 2. The molecule has 1 rings (SSSR count). The highest BCUT2D eigenvalue weighted by Crippen LogP contribution is 2.20. The molecule has 0 radical (unpaired) electrons. The minimum absolute atomic E-state index is 0.249. The standard InChI is InChI=1S/C15H28NO2/c1-4-5-9-16(10-7-6-8-11-16)12-13-18-15(17)14(2)3/h2,4-13H2,1,3H3/q+1. The van der Waals surface area contributed by atoms with Crippen LogP contribution in [0, 0.1) is 0 Å². The van der Waals surface area contributed by atoms with Crippen LogP contribution in [-0.2, 0) is 9.53 Å². The maximum absolute atomic E-state index is 11.4. The van der Waals surface area contributed by atoms with Gasteiger partial charge in [-0.3, -0.25) is 0 Å². The fourth-order valence-corrected chi connectivity index (χ4v) is 2.69. The van der Waals surface area contributed by atoms with E-state index in [4.69, 9.17) is 4.74 Å². The zero-order chi connectivity index (χ0) is 13.4. The summed E-state index contributed by atoms with van der Waals surface area (Å²) in [6, 6.07) is 0. The molecule has 104 valence electrons. The lowest BCUT2D eigenvalue weighted by Crippen LogP contribution is -2.53. The lowest BCUT2D eigenvalue weighted by Gasteiger charge is -2.41. The van der Waals surface area contributed by atoms with Gasteiger partial charge in [0.2, 0.25) is 0 Å². The topological polar surface area (TPSA) is 26.3 Å². The molecule has 0 amide bonds. The second kappa shape index (κ2) is 7.57. The van der Waals surface area contributed by atoms with Gasteiger partial charge in [-0.05, 0) is 32.6 Å².